The van der Waals surface area contributed by atoms with Gasteiger partial charge in [-0.25, -0.2) is 13.8 Å². The van der Waals surface area contributed by atoms with Gasteiger partial charge in [0.1, 0.15) is 28.8 Å². The number of carbonyl (C=O) groups excluding carboxylic acids is 1. The Labute approximate surface area is 161 Å². The lowest BCUT2D eigenvalue weighted by Crippen LogP contribution is -2.46. The summed E-state index contributed by atoms with van der Waals surface area (Å²) >= 11 is 0. The van der Waals surface area contributed by atoms with Crippen molar-refractivity contribution in [2.45, 2.75) is 25.9 Å². The van der Waals surface area contributed by atoms with Gasteiger partial charge in [-0.3, -0.25) is 4.79 Å². The highest BCUT2D eigenvalue weighted by atomic mass is 19.1. The van der Waals surface area contributed by atoms with Crippen LogP contribution in [0.2, 0.25) is 0 Å². The number of aromatic nitrogens is 2. The van der Waals surface area contributed by atoms with E-state index in [2.05, 4.69) is 10.6 Å². The third-order valence-corrected chi connectivity index (χ3v) is 4.86. The SMILES string of the molecule is CC1(C)NCCn2c1nc(-c1ccc(F)cc1)c2C(=O)Nc1ccc(F)cc1. The Balaban J connectivity index is 1.82. The van der Waals surface area contributed by atoms with Crippen molar-refractivity contribution in [1.29, 1.82) is 0 Å². The van der Waals surface area contributed by atoms with Gasteiger partial charge in [-0.05, 0) is 62.4 Å². The first-order valence-electron chi connectivity index (χ1n) is 9.04. The second-order valence-corrected chi connectivity index (χ2v) is 7.30. The van der Waals surface area contributed by atoms with E-state index in [0.717, 1.165) is 5.82 Å². The summed E-state index contributed by atoms with van der Waals surface area (Å²) in [6.45, 7) is 5.28. The predicted molar refractivity (Wildman–Crippen MR) is 103 cm³/mol. The normalized spacial score (nSPS) is 15.1. The van der Waals surface area contributed by atoms with Gasteiger partial charge in [-0.2, -0.15) is 0 Å². The van der Waals surface area contributed by atoms with E-state index in [1.165, 1.54) is 36.4 Å². The molecule has 0 bridgehead atoms. The van der Waals surface area contributed by atoms with Crippen molar-refractivity contribution in [3.63, 3.8) is 0 Å². The van der Waals surface area contributed by atoms with Crippen LogP contribution >= 0.6 is 0 Å². The van der Waals surface area contributed by atoms with Crippen molar-refractivity contribution in [1.82, 2.24) is 14.9 Å². The Morgan fingerprint density at radius 2 is 1.68 bits per heavy atom. The molecule has 4 rings (SSSR count). The third-order valence-electron chi connectivity index (χ3n) is 4.86. The molecule has 0 spiro atoms. The number of hydrogen-bond acceptors (Lipinski definition) is 3. The van der Waals surface area contributed by atoms with E-state index in [9.17, 15) is 13.6 Å². The van der Waals surface area contributed by atoms with Gasteiger partial charge in [0.2, 0.25) is 0 Å². The Bertz CT molecular complexity index is 1020. The minimum Gasteiger partial charge on any atom is -0.321 e. The van der Waals surface area contributed by atoms with Crippen molar-refractivity contribution >= 4 is 11.6 Å². The van der Waals surface area contributed by atoms with Crippen molar-refractivity contribution in [2.75, 3.05) is 11.9 Å². The van der Waals surface area contributed by atoms with Gasteiger partial charge in [0.05, 0.1) is 5.54 Å². The molecule has 2 N–H and O–H groups in total. The van der Waals surface area contributed by atoms with Crippen LogP contribution in [0, 0.1) is 11.6 Å². The van der Waals surface area contributed by atoms with Crippen LogP contribution < -0.4 is 10.6 Å². The average Bonchev–Trinajstić information content (AvgIpc) is 3.05. The second kappa shape index (κ2) is 6.83. The fraction of sp³-hybridized carbons (Fsp3) is 0.238. The van der Waals surface area contributed by atoms with Crippen molar-refractivity contribution in [2.24, 2.45) is 0 Å². The number of imidazole rings is 1. The van der Waals surface area contributed by atoms with Crippen LogP contribution in [0.1, 0.15) is 30.2 Å². The van der Waals surface area contributed by atoms with E-state index in [1.54, 1.807) is 12.1 Å². The average molecular weight is 382 g/mol. The standard InChI is InChI=1S/C21H20F2N4O/c1-21(2)20-26-17(13-3-5-14(22)6-4-13)18(27(20)12-11-24-21)19(28)25-16-9-7-15(23)8-10-16/h3-10,24H,11-12H2,1-2H3,(H,25,28). The van der Waals surface area contributed by atoms with Gasteiger partial charge in [0.25, 0.3) is 5.91 Å². The lowest BCUT2D eigenvalue weighted by Gasteiger charge is -2.32. The number of halogens is 2. The molecule has 0 atom stereocenters. The van der Waals surface area contributed by atoms with E-state index in [4.69, 9.17) is 4.98 Å². The maximum Gasteiger partial charge on any atom is 0.274 e. The van der Waals surface area contributed by atoms with Crippen molar-refractivity contribution in [3.05, 3.63) is 71.7 Å². The maximum absolute atomic E-state index is 13.4. The molecule has 0 radical (unpaired) electrons. The molecule has 0 saturated heterocycles. The topological polar surface area (TPSA) is 59.0 Å². The third kappa shape index (κ3) is 3.29. The lowest BCUT2D eigenvalue weighted by molar-refractivity contribution is 0.101. The number of fused-ring (bicyclic) bond motifs is 1. The summed E-state index contributed by atoms with van der Waals surface area (Å²) in [7, 11) is 0. The lowest BCUT2D eigenvalue weighted by atomic mass is 10.0. The summed E-state index contributed by atoms with van der Waals surface area (Å²) < 4.78 is 28.4. The molecule has 1 aliphatic heterocycles. The zero-order chi connectivity index (χ0) is 19.9. The largest absolute Gasteiger partial charge is 0.321 e. The molecule has 0 unspecified atom stereocenters. The Hall–Kier alpha value is -3.06. The van der Waals surface area contributed by atoms with Crippen LogP contribution in [-0.2, 0) is 12.1 Å². The van der Waals surface area contributed by atoms with E-state index in [0.29, 0.717) is 35.7 Å². The highest BCUT2D eigenvalue weighted by Crippen LogP contribution is 2.32. The fourth-order valence-electron chi connectivity index (χ4n) is 3.47. The van der Waals surface area contributed by atoms with E-state index < -0.39 is 5.54 Å². The van der Waals surface area contributed by atoms with E-state index in [1.807, 2.05) is 18.4 Å². The van der Waals surface area contributed by atoms with Gasteiger partial charge in [0, 0.05) is 24.3 Å². The first-order chi connectivity index (χ1) is 13.3. The molecule has 2 heterocycles. The number of hydrogen-bond donors (Lipinski definition) is 2. The molecule has 144 valence electrons. The van der Waals surface area contributed by atoms with Crippen molar-refractivity contribution < 1.29 is 13.6 Å². The summed E-state index contributed by atoms with van der Waals surface area (Å²) in [6.07, 6.45) is 0. The number of benzene rings is 2. The number of carbonyl (C=O) groups is 1. The molecule has 0 aliphatic carbocycles. The Kier molecular flexibility index (Phi) is 4.47. The maximum atomic E-state index is 13.4. The summed E-state index contributed by atoms with van der Waals surface area (Å²) in [4.78, 5) is 17.9. The smallest absolute Gasteiger partial charge is 0.274 e. The summed E-state index contributed by atoms with van der Waals surface area (Å²) in [5.74, 6) is -0.337. The van der Waals surface area contributed by atoms with Crippen LogP contribution in [0.3, 0.4) is 0 Å². The number of rotatable bonds is 3. The van der Waals surface area contributed by atoms with Crippen LogP contribution in [-0.4, -0.2) is 22.0 Å². The highest BCUT2D eigenvalue weighted by Gasteiger charge is 2.34. The van der Waals surface area contributed by atoms with Crippen LogP contribution in [0.25, 0.3) is 11.3 Å². The molecule has 2 aromatic carbocycles. The first kappa shape index (κ1) is 18.3. The fourth-order valence-corrected chi connectivity index (χ4v) is 3.47. The molecule has 1 aromatic heterocycles. The number of anilines is 1. The van der Waals surface area contributed by atoms with Gasteiger partial charge in [-0.15, -0.1) is 0 Å². The molecular formula is C21H20F2N4O. The van der Waals surface area contributed by atoms with Crippen LogP contribution in [0.4, 0.5) is 14.5 Å². The Morgan fingerprint density at radius 1 is 1.07 bits per heavy atom. The number of nitrogens with one attached hydrogen (secondary N) is 2. The molecular weight excluding hydrogens is 362 g/mol. The molecule has 28 heavy (non-hydrogen) atoms. The molecule has 3 aromatic rings. The molecule has 7 heteroatoms. The van der Waals surface area contributed by atoms with Gasteiger partial charge in [0.15, 0.2) is 0 Å². The Morgan fingerprint density at radius 3 is 2.32 bits per heavy atom. The van der Waals surface area contributed by atoms with Gasteiger partial charge < -0.3 is 15.2 Å². The number of amides is 1. The molecule has 1 aliphatic rings. The van der Waals surface area contributed by atoms with Crippen LogP contribution in [0.5, 0.6) is 0 Å². The number of nitrogens with zero attached hydrogens (tertiary/aromatic N) is 2. The summed E-state index contributed by atoms with van der Waals surface area (Å²) in [5, 5.41) is 6.20. The highest BCUT2D eigenvalue weighted by molar-refractivity contribution is 6.07. The van der Waals surface area contributed by atoms with Gasteiger partial charge >= 0.3 is 0 Å². The molecule has 5 nitrogen and oxygen atoms in total. The minimum absolute atomic E-state index is 0.345. The van der Waals surface area contributed by atoms with Gasteiger partial charge in [-0.1, -0.05) is 0 Å². The first-order valence-corrected chi connectivity index (χ1v) is 9.04. The monoisotopic (exact) mass is 382 g/mol. The van der Waals surface area contributed by atoms with E-state index in [-0.39, 0.29) is 17.5 Å². The minimum atomic E-state index is -0.415. The zero-order valence-corrected chi connectivity index (χ0v) is 15.6. The molecule has 0 fully saturated rings. The predicted octanol–water partition coefficient (Wildman–Crippen LogP) is 3.92. The summed E-state index contributed by atoms with van der Waals surface area (Å²) in [6, 6.07) is 11.5. The quantitative estimate of drug-likeness (QED) is 0.722. The second-order valence-electron chi connectivity index (χ2n) is 7.30. The van der Waals surface area contributed by atoms with Crippen LogP contribution in [0.15, 0.2) is 48.5 Å². The van der Waals surface area contributed by atoms with E-state index >= 15 is 0 Å². The summed E-state index contributed by atoms with van der Waals surface area (Å²) in [5.41, 5.74) is 1.62. The van der Waals surface area contributed by atoms with Crippen molar-refractivity contribution in [3.8, 4) is 11.3 Å². The molecule has 1 amide bonds. The molecule has 0 saturated carbocycles. The zero-order valence-electron chi connectivity index (χ0n) is 15.6.